The smallest absolute Gasteiger partial charge is 0.291 e. The number of imide groups is 1. The van der Waals surface area contributed by atoms with Crippen LogP contribution >= 0.6 is 0 Å². The zero-order valence-electron chi connectivity index (χ0n) is 12.0. The minimum atomic E-state index is -0.686. The predicted molar refractivity (Wildman–Crippen MR) is 73.1 cm³/mol. The second-order valence-electron chi connectivity index (χ2n) is 5.04. The Morgan fingerprint density at radius 2 is 1.86 bits per heavy atom. The molecule has 6 nitrogen and oxygen atoms in total. The van der Waals surface area contributed by atoms with Crippen LogP contribution in [0.5, 0.6) is 5.88 Å². The molecule has 2 heterocycles. The van der Waals surface area contributed by atoms with Crippen molar-refractivity contribution < 1.29 is 23.2 Å². The normalized spacial score (nSPS) is 15.1. The maximum absolute atomic E-state index is 13.5. The number of nitrogens with zero attached hydrogens (tertiary/aromatic N) is 2. The van der Waals surface area contributed by atoms with Crippen LogP contribution in [0.25, 0.3) is 0 Å². The van der Waals surface area contributed by atoms with Gasteiger partial charge in [0.25, 0.3) is 17.7 Å². The number of aryl methyl sites for hydroxylation is 1. The quantitative estimate of drug-likeness (QED) is 0.810. The third kappa shape index (κ3) is 2.14. The molecule has 1 aromatic heterocycles. The van der Waals surface area contributed by atoms with Gasteiger partial charge in [-0.1, -0.05) is 12.1 Å². The van der Waals surface area contributed by atoms with Crippen molar-refractivity contribution in [3.05, 3.63) is 47.0 Å². The summed E-state index contributed by atoms with van der Waals surface area (Å²) < 4.78 is 23.4. The summed E-state index contributed by atoms with van der Waals surface area (Å²) in [6, 6.07) is 6.03. The number of ether oxygens (including phenoxy) is 1. The molecule has 0 spiro atoms. The van der Waals surface area contributed by atoms with Gasteiger partial charge in [0.05, 0.1) is 17.2 Å². The van der Waals surface area contributed by atoms with Gasteiger partial charge in [-0.3, -0.25) is 14.5 Å². The maximum Gasteiger partial charge on any atom is 0.291 e. The van der Waals surface area contributed by atoms with Crippen molar-refractivity contribution in [2.24, 2.45) is 0 Å². The van der Waals surface area contributed by atoms with Crippen LogP contribution in [-0.4, -0.2) is 34.5 Å². The van der Waals surface area contributed by atoms with Crippen molar-refractivity contribution in [2.45, 2.75) is 19.9 Å². The fraction of sp³-hybridized carbons (Fsp3) is 0.267. The minimum absolute atomic E-state index is 0.0170. The van der Waals surface area contributed by atoms with Crippen molar-refractivity contribution in [3.63, 3.8) is 0 Å². The summed E-state index contributed by atoms with van der Waals surface area (Å²) in [5, 5.41) is 3.43. The Kier molecular flexibility index (Phi) is 3.40. The summed E-state index contributed by atoms with van der Waals surface area (Å²) in [6.07, 6.45) is 0. The third-order valence-corrected chi connectivity index (χ3v) is 3.49. The molecule has 1 aromatic carbocycles. The van der Waals surface area contributed by atoms with E-state index in [-0.39, 0.29) is 30.1 Å². The Hall–Kier alpha value is -2.70. The molecule has 0 saturated heterocycles. The summed E-state index contributed by atoms with van der Waals surface area (Å²) >= 11 is 0. The van der Waals surface area contributed by atoms with Crippen LogP contribution in [0.1, 0.15) is 33.4 Å². The number of rotatable bonds is 4. The molecule has 3 rings (SSSR count). The van der Waals surface area contributed by atoms with Gasteiger partial charge in [0, 0.05) is 0 Å². The summed E-state index contributed by atoms with van der Waals surface area (Å²) in [7, 11) is 0. The molecule has 7 heteroatoms. The van der Waals surface area contributed by atoms with Gasteiger partial charge in [-0.25, -0.2) is 0 Å². The summed E-state index contributed by atoms with van der Waals surface area (Å²) in [5.74, 6) is -1.71. The lowest BCUT2D eigenvalue weighted by Crippen LogP contribution is -2.41. The highest BCUT2D eigenvalue weighted by atomic mass is 19.1. The monoisotopic (exact) mass is 304 g/mol. The Balaban J connectivity index is 1.74. The lowest BCUT2D eigenvalue weighted by atomic mass is 10.1. The molecular formula is C15H13FN2O4. The lowest BCUT2D eigenvalue weighted by Gasteiger charge is -2.21. The molecule has 0 N–H and O–H groups in total. The first-order valence-electron chi connectivity index (χ1n) is 6.72. The zero-order valence-corrected chi connectivity index (χ0v) is 12.0. The molecule has 1 atom stereocenters. The summed E-state index contributed by atoms with van der Waals surface area (Å²) in [5.41, 5.74) is 0.727. The van der Waals surface area contributed by atoms with Crippen molar-refractivity contribution in [2.75, 3.05) is 6.61 Å². The van der Waals surface area contributed by atoms with Crippen molar-refractivity contribution in [1.29, 1.82) is 0 Å². The second kappa shape index (κ2) is 5.25. The number of carbonyl (C=O) groups is 2. The molecule has 1 aliphatic heterocycles. The van der Waals surface area contributed by atoms with Gasteiger partial charge in [-0.05, 0) is 31.1 Å². The van der Waals surface area contributed by atoms with E-state index in [2.05, 4.69) is 9.68 Å². The highest BCUT2D eigenvalue weighted by Gasteiger charge is 2.38. The molecule has 0 unspecified atom stereocenters. The molecule has 0 aliphatic carbocycles. The van der Waals surface area contributed by atoms with Crippen molar-refractivity contribution in [3.8, 4) is 5.88 Å². The first-order valence-corrected chi connectivity index (χ1v) is 6.72. The Bertz CT molecular complexity index is 721. The van der Waals surface area contributed by atoms with E-state index in [0.29, 0.717) is 11.1 Å². The number of halogens is 1. The largest absolute Gasteiger partial charge is 0.471 e. The number of fused-ring (bicyclic) bond motifs is 1. The lowest BCUT2D eigenvalue weighted by molar-refractivity contribution is 0.0545. The van der Waals surface area contributed by atoms with Crippen LogP contribution in [0.4, 0.5) is 4.39 Å². The predicted octanol–water partition coefficient (Wildman–Crippen LogP) is 2.19. The number of amides is 2. The molecular weight excluding hydrogens is 291 g/mol. The van der Waals surface area contributed by atoms with Crippen molar-refractivity contribution in [1.82, 2.24) is 10.1 Å². The summed E-state index contributed by atoms with van der Waals surface area (Å²) in [4.78, 5) is 25.7. The highest BCUT2D eigenvalue weighted by molar-refractivity contribution is 6.21. The minimum Gasteiger partial charge on any atom is -0.471 e. The Labute approximate surface area is 125 Å². The summed E-state index contributed by atoms with van der Waals surface area (Å²) in [6.45, 7) is 2.99. The number of hydrogen-bond acceptors (Lipinski definition) is 5. The second-order valence-corrected chi connectivity index (χ2v) is 5.04. The molecule has 2 aromatic rings. The fourth-order valence-electron chi connectivity index (χ4n) is 2.31. The topological polar surface area (TPSA) is 72.6 Å². The maximum atomic E-state index is 13.5. The van der Waals surface area contributed by atoms with Crippen LogP contribution in [-0.2, 0) is 0 Å². The van der Waals surface area contributed by atoms with E-state index < -0.39 is 11.9 Å². The van der Waals surface area contributed by atoms with Crippen molar-refractivity contribution >= 4 is 11.8 Å². The highest BCUT2D eigenvalue weighted by Crippen LogP contribution is 2.25. The SMILES string of the molecule is Cc1onc(OC[C@H](C)N2C(=O)c3ccccc3C2=O)c1F. The van der Waals surface area contributed by atoms with Gasteiger partial charge >= 0.3 is 0 Å². The molecule has 0 saturated carbocycles. The van der Waals surface area contributed by atoms with E-state index in [4.69, 9.17) is 4.74 Å². The van der Waals surface area contributed by atoms with Gasteiger partial charge in [0.15, 0.2) is 5.76 Å². The van der Waals surface area contributed by atoms with Gasteiger partial charge < -0.3 is 9.26 Å². The van der Waals surface area contributed by atoms with Crippen LogP contribution in [0.3, 0.4) is 0 Å². The third-order valence-electron chi connectivity index (χ3n) is 3.49. The van der Waals surface area contributed by atoms with Crippen LogP contribution in [0.15, 0.2) is 28.8 Å². The van der Waals surface area contributed by atoms with E-state index in [1.807, 2.05) is 0 Å². The zero-order chi connectivity index (χ0) is 15.9. The van der Waals surface area contributed by atoms with Gasteiger partial charge in [-0.15, -0.1) is 0 Å². The number of benzene rings is 1. The van der Waals surface area contributed by atoms with E-state index >= 15 is 0 Å². The van der Waals surface area contributed by atoms with Crippen LogP contribution in [0, 0.1) is 12.7 Å². The van der Waals surface area contributed by atoms with Gasteiger partial charge in [0.2, 0.25) is 5.82 Å². The molecule has 0 radical (unpaired) electrons. The number of hydrogen-bond donors (Lipinski definition) is 0. The first-order chi connectivity index (χ1) is 10.5. The number of aromatic nitrogens is 1. The standard InChI is InChI=1S/C15H13FN2O4/c1-8(7-21-13-12(16)9(2)22-17-13)18-14(19)10-5-3-4-6-11(10)15(18)20/h3-6,8H,7H2,1-2H3/t8-/m0/s1. The molecule has 0 bridgehead atoms. The molecule has 0 fully saturated rings. The molecule has 22 heavy (non-hydrogen) atoms. The van der Waals surface area contributed by atoms with E-state index in [0.717, 1.165) is 4.90 Å². The Morgan fingerprint density at radius 1 is 1.27 bits per heavy atom. The first kappa shape index (κ1) is 14.2. The van der Waals surface area contributed by atoms with E-state index in [1.165, 1.54) is 6.92 Å². The molecule has 114 valence electrons. The van der Waals surface area contributed by atoms with Gasteiger partial charge in [0.1, 0.15) is 6.61 Å². The Morgan fingerprint density at radius 3 is 2.36 bits per heavy atom. The average Bonchev–Trinajstić information content (AvgIpc) is 2.97. The fourth-order valence-corrected chi connectivity index (χ4v) is 2.31. The van der Waals surface area contributed by atoms with E-state index in [9.17, 15) is 14.0 Å². The molecule has 1 aliphatic rings. The van der Waals surface area contributed by atoms with E-state index in [1.54, 1.807) is 31.2 Å². The van der Waals surface area contributed by atoms with Crippen LogP contribution < -0.4 is 4.74 Å². The van der Waals surface area contributed by atoms with Crippen LogP contribution in [0.2, 0.25) is 0 Å². The van der Waals surface area contributed by atoms with Gasteiger partial charge in [-0.2, -0.15) is 4.39 Å². The number of carbonyl (C=O) groups excluding carboxylic acids is 2. The molecule has 2 amide bonds. The average molecular weight is 304 g/mol.